The van der Waals surface area contributed by atoms with Crippen molar-refractivity contribution < 1.29 is 0 Å². The fraction of sp³-hybridized carbons (Fsp3) is 0.115. The van der Waals surface area contributed by atoms with Gasteiger partial charge in [0, 0.05) is 27.9 Å². The number of benzene rings is 9. The third-order valence-electron chi connectivity index (χ3n) is 14.5. The molecular formula is C61H47N. The van der Waals surface area contributed by atoms with Gasteiger partial charge in [-0.1, -0.05) is 204 Å². The van der Waals surface area contributed by atoms with Crippen LogP contribution in [0.5, 0.6) is 0 Å². The lowest BCUT2D eigenvalue weighted by Crippen LogP contribution is -2.28. The monoisotopic (exact) mass is 793 g/mol. The van der Waals surface area contributed by atoms with Gasteiger partial charge in [-0.2, -0.15) is 0 Å². The number of hydrogen-bond donors (Lipinski definition) is 0. The lowest BCUT2D eigenvalue weighted by Gasteiger charge is -2.35. The molecule has 62 heavy (non-hydrogen) atoms. The Labute approximate surface area is 365 Å². The predicted octanol–water partition coefficient (Wildman–Crippen LogP) is 15.8. The Bertz CT molecular complexity index is 3200. The molecule has 12 rings (SSSR count). The first kappa shape index (κ1) is 36.6. The molecule has 1 heteroatoms. The highest BCUT2D eigenvalue weighted by Gasteiger charge is 2.46. The van der Waals surface area contributed by atoms with E-state index in [0.29, 0.717) is 0 Å². The van der Waals surface area contributed by atoms with Gasteiger partial charge < -0.3 is 4.90 Å². The zero-order valence-corrected chi connectivity index (χ0v) is 35.7. The highest BCUT2D eigenvalue weighted by molar-refractivity contribution is 5.95. The van der Waals surface area contributed by atoms with E-state index in [9.17, 15) is 0 Å². The van der Waals surface area contributed by atoms with Gasteiger partial charge in [-0.15, -0.1) is 0 Å². The summed E-state index contributed by atoms with van der Waals surface area (Å²) in [4.78, 5) is 2.52. The maximum Gasteiger partial charge on any atom is 0.0714 e. The molecule has 9 aromatic rings. The largest absolute Gasteiger partial charge is 0.310 e. The quantitative estimate of drug-likeness (QED) is 0.162. The number of rotatable bonds is 6. The second-order valence-corrected chi connectivity index (χ2v) is 18.4. The molecule has 1 nitrogen and oxygen atoms in total. The molecule has 296 valence electrons. The molecule has 0 radical (unpaired) electrons. The molecule has 0 aliphatic heterocycles. The van der Waals surface area contributed by atoms with Crippen LogP contribution in [0.15, 0.2) is 212 Å². The van der Waals surface area contributed by atoms with Crippen molar-refractivity contribution in [3.8, 4) is 44.5 Å². The van der Waals surface area contributed by atoms with E-state index in [1.165, 1.54) is 89.0 Å². The number of anilines is 3. The Morgan fingerprint density at radius 1 is 0.290 bits per heavy atom. The van der Waals surface area contributed by atoms with Crippen molar-refractivity contribution in [1.82, 2.24) is 0 Å². The molecular weight excluding hydrogens is 747 g/mol. The van der Waals surface area contributed by atoms with Gasteiger partial charge in [0.2, 0.25) is 0 Å². The van der Waals surface area contributed by atoms with Gasteiger partial charge in [0.1, 0.15) is 0 Å². The first-order chi connectivity index (χ1) is 30.3. The molecule has 0 N–H and O–H groups in total. The highest BCUT2D eigenvalue weighted by Crippen LogP contribution is 2.58. The van der Waals surface area contributed by atoms with Crippen LogP contribution in [0.2, 0.25) is 0 Å². The summed E-state index contributed by atoms with van der Waals surface area (Å²) in [5.41, 5.74) is 23.6. The summed E-state index contributed by atoms with van der Waals surface area (Å²) < 4.78 is 0. The molecule has 3 aliphatic carbocycles. The van der Waals surface area contributed by atoms with Crippen molar-refractivity contribution in [3.63, 3.8) is 0 Å². The second-order valence-electron chi connectivity index (χ2n) is 18.4. The minimum atomic E-state index is -0.511. The molecule has 0 heterocycles. The van der Waals surface area contributed by atoms with Crippen LogP contribution in [0.4, 0.5) is 17.1 Å². The van der Waals surface area contributed by atoms with Gasteiger partial charge in [-0.05, 0) is 125 Å². The number of nitrogens with zero attached hydrogens (tertiary/aromatic N) is 1. The van der Waals surface area contributed by atoms with Crippen molar-refractivity contribution in [3.05, 3.63) is 257 Å². The van der Waals surface area contributed by atoms with E-state index in [1.54, 1.807) is 0 Å². The van der Waals surface area contributed by atoms with Gasteiger partial charge in [0.05, 0.1) is 5.41 Å². The summed E-state index contributed by atoms with van der Waals surface area (Å²) in [5.74, 6) is 0. The zero-order valence-electron chi connectivity index (χ0n) is 35.7. The molecule has 0 amide bonds. The Balaban J connectivity index is 1.11. The first-order valence-corrected chi connectivity index (χ1v) is 22.0. The maximum absolute atomic E-state index is 2.52. The van der Waals surface area contributed by atoms with E-state index in [0.717, 1.165) is 17.1 Å². The standard InChI is InChI=1S/C61H47N/c1-59(2)53-36-34-44(38-51(53)58-46(28-18-32-56(58)59)40-19-7-5-8-20-40)62(45-33-35-50-47-25-11-14-29-52(47)60(3,4)57(50)39-45)43-24-17-23-42(37-43)61(41-21-9-6-10-22-41)54-30-15-12-26-48(54)49-27-13-16-31-55(49)61/h5-39H,1-4H3. The molecule has 0 saturated heterocycles. The number of hydrogen-bond acceptors (Lipinski definition) is 1. The van der Waals surface area contributed by atoms with E-state index < -0.39 is 5.41 Å². The normalized spacial score (nSPS) is 15.2. The molecule has 9 aromatic carbocycles. The fourth-order valence-electron chi connectivity index (χ4n) is 11.7. The fourth-order valence-corrected chi connectivity index (χ4v) is 11.7. The van der Waals surface area contributed by atoms with E-state index in [2.05, 4.69) is 245 Å². The highest BCUT2D eigenvalue weighted by atomic mass is 15.1. The summed E-state index contributed by atoms with van der Waals surface area (Å²) in [6.45, 7) is 9.52. The van der Waals surface area contributed by atoms with Crippen LogP contribution in [0.25, 0.3) is 44.5 Å². The first-order valence-electron chi connectivity index (χ1n) is 22.0. The average Bonchev–Trinajstić information content (AvgIpc) is 3.84. The predicted molar refractivity (Wildman–Crippen MR) is 259 cm³/mol. The van der Waals surface area contributed by atoms with Crippen molar-refractivity contribution in [2.45, 2.75) is 43.9 Å². The Morgan fingerprint density at radius 2 is 0.758 bits per heavy atom. The van der Waals surface area contributed by atoms with Crippen LogP contribution in [0, 0.1) is 0 Å². The molecule has 0 bridgehead atoms. The number of fused-ring (bicyclic) bond motifs is 9. The van der Waals surface area contributed by atoms with Gasteiger partial charge in [-0.25, -0.2) is 0 Å². The average molecular weight is 794 g/mol. The Hall–Kier alpha value is -7.22. The van der Waals surface area contributed by atoms with Gasteiger partial charge >= 0.3 is 0 Å². The molecule has 3 aliphatic rings. The van der Waals surface area contributed by atoms with E-state index in [1.807, 2.05) is 0 Å². The lowest BCUT2D eigenvalue weighted by molar-refractivity contribution is 0.660. The Kier molecular flexibility index (Phi) is 7.91. The van der Waals surface area contributed by atoms with Crippen LogP contribution >= 0.6 is 0 Å². The molecule has 0 aromatic heterocycles. The van der Waals surface area contributed by atoms with Crippen molar-refractivity contribution in [1.29, 1.82) is 0 Å². The van der Waals surface area contributed by atoms with E-state index in [-0.39, 0.29) is 10.8 Å². The van der Waals surface area contributed by atoms with E-state index in [4.69, 9.17) is 0 Å². The summed E-state index contributed by atoms with van der Waals surface area (Å²) in [7, 11) is 0. The van der Waals surface area contributed by atoms with Crippen LogP contribution in [0.1, 0.15) is 72.2 Å². The van der Waals surface area contributed by atoms with E-state index >= 15 is 0 Å². The van der Waals surface area contributed by atoms with Gasteiger partial charge in [0.15, 0.2) is 0 Å². The SMILES string of the molecule is CC1(C)c2ccccc2-c2ccc(N(c3cccc(C4(c5ccccc5)c5ccccc5-c5ccccc54)c3)c3ccc4c(c3)-c3c(-c5ccccc5)cccc3C4(C)C)cc21. The smallest absolute Gasteiger partial charge is 0.0714 e. The summed E-state index contributed by atoms with van der Waals surface area (Å²) in [5, 5.41) is 0. The topological polar surface area (TPSA) is 3.24 Å². The molecule has 0 fully saturated rings. The second kappa shape index (κ2) is 13.4. The van der Waals surface area contributed by atoms with Gasteiger partial charge in [0.25, 0.3) is 0 Å². The summed E-state index contributed by atoms with van der Waals surface area (Å²) in [6, 6.07) is 79.7. The van der Waals surface area contributed by atoms with Crippen molar-refractivity contribution in [2.24, 2.45) is 0 Å². The van der Waals surface area contributed by atoms with Gasteiger partial charge in [-0.3, -0.25) is 0 Å². The molecule has 0 unspecified atom stereocenters. The Morgan fingerprint density at radius 3 is 1.47 bits per heavy atom. The third-order valence-corrected chi connectivity index (χ3v) is 14.5. The molecule has 0 atom stereocenters. The minimum Gasteiger partial charge on any atom is -0.310 e. The summed E-state index contributed by atoms with van der Waals surface area (Å²) in [6.07, 6.45) is 0. The summed E-state index contributed by atoms with van der Waals surface area (Å²) >= 11 is 0. The van der Waals surface area contributed by atoms with Crippen LogP contribution in [-0.4, -0.2) is 0 Å². The van der Waals surface area contributed by atoms with Crippen LogP contribution in [0.3, 0.4) is 0 Å². The molecule has 0 saturated carbocycles. The maximum atomic E-state index is 2.52. The van der Waals surface area contributed by atoms with Crippen molar-refractivity contribution >= 4 is 17.1 Å². The van der Waals surface area contributed by atoms with Crippen LogP contribution < -0.4 is 4.90 Å². The van der Waals surface area contributed by atoms with Crippen molar-refractivity contribution in [2.75, 3.05) is 4.90 Å². The lowest BCUT2D eigenvalue weighted by atomic mass is 9.67. The molecule has 0 spiro atoms. The van der Waals surface area contributed by atoms with Crippen LogP contribution in [-0.2, 0) is 16.2 Å². The minimum absolute atomic E-state index is 0.143. The zero-order chi connectivity index (χ0) is 41.8. The third kappa shape index (κ3) is 5.03.